The number of carbonyl (C=O) groups excluding carboxylic acids is 1. The number of amides is 1. The first-order valence-electron chi connectivity index (χ1n) is 6.41. The van der Waals surface area contributed by atoms with E-state index in [4.69, 9.17) is 9.15 Å². The maximum absolute atomic E-state index is 12.3. The Morgan fingerprint density at radius 3 is 2.95 bits per heavy atom. The van der Waals surface area contributed by atoms with Crippen molar-refractivity contribution in [3.63, 3.8) is 0 Å². The monoisotopic (exact) mass is 277 g/mol. The van der Waals surface area contributed by atoms with Crippen molar-refractivity contribution >= 4 is 11.9 Å². The molecular weight excluding hydrogens is 262 g/mol. The average molecular weight is 277 g/mol. The van der Waals surface area contributed by atoms with Crippen LogP contribution in [0.25, 0.3) is 0 Å². The van der Waals surface area contributed by atoms with Crippen LogP contribution in [0, 0.1) is 11.8 Å². The Labute approximate surface area is 115 Å². The van der Waals surface area contributed by atoms with Crippen molar-refractivity contribution in [3.05, 3.63) is 36.3 Å². The molecule has 0 radical (unpaired) electrons. The molecule has 4 atom stereocenters. The van der Waals surface area contributed by atoms with Crippen LogP contribution in [0.4, 0.5) is 0 Å². The highest BCUT2D eigenvalue weighted by Gasteiger charge is 2.59. The van der Waals surface area contributed by atoms with Gasteiger partial charge in [0.15, 0.2) is 0 Å². The summed E-state index contributed by atoms with van der Waals surface area (Å²) in [5.41, 5.74) is -0.846. The predicted molar refractivity (Wildman–Crippen MR) is 67.6 cm³/mol. The number of ether oxygens (including phenoxy) is 1. The third-order valence-corrected chi connectivity index (χ3v) is 3.92. The van der Waals surface area contributed by atoms with E-state index >= 15 is 0 Å². The van der Waals surface area contributed by atoms with Crippen LogP contribution in [0.2, 0.25) is 0 Å². The number of furan rings is 1. The second-order valence-corrected chi connectivity index (χ2v) is 5.26. The SMILES string of the molecule is CC12C=CC(O1)C(C(=O)O)C2C(=O)NCc1ccco1. The van der Waals surface area contributed by atoms with Crippen molar-refractivity contribution in [2.75, 3.05) is 0 Å². The quantitative estimate of drug-likeness (QED) is 0.800. The molecule has 0 saturated carbocycles. The molecule has 3 rings (SSSR count). The molecule has 1 amide bonds. The fraction of sp³-hybridized carbons (Fsp3) is 0.429. The topological polar surface area (TPSA) is 88.8 Å². The van der Waals surface area contributed by atoms with Crippen LogP contribution in [0.1, 0.15) is 12.7 Å². The molecule has 20 heavy (non-hydrogen) atoms. The standard InChI is InChI=1S/C14H15NO5/c1-14-5-4-9(20-14)10(13(17)18)11(14)12(16)15-7-8-3-2-6-19-8/h2-6,9-11H,7H2,1H3,(H,15,16)(H,17,18). The maximum Gasteiger partial charge on any atom is 0.310 e. The molecule has 2 aliphatic heterocycles. The minimum atomic E-state index is -1.01. The minimum absolute atomic E-state index is 0.235. The Bertz CT molecular complexity index is 564. The summed E-state index contributed by atoms with van der Waals surface area (Å²) in [6.45, 7) is 1.97. The van der Waals surface area contributed by atoms with E-state index in [0.29, 0.717) is 5.76 Å². The van der Waals surface area contributed by atoms with Gasteiger partial charge in [0.05, 0.1) is 30.4 Å². The van der Waals surface area contributed by atoms with Gasteiger partial charge in [0.2, 0.25) is 5.91 Å². The van der Waals surface area contributed by atoms with Gasteiger partial charge in [-0.05, 0) is 19.1 Å². The normalized spacial score (nSPS) is 34.4. The lowest BCUT2D eigenvalue weighted by Crippen LogP contribution is -2.46. The molecule has 1 saturated heterocycles. The predicted octanol–water partition coefficient (Wildman–Crippen LogP) is 0.940. The van der Waals surface area contributed by atoms with Crippen molar-refractivity contribution in [1.29, 1.82) is 0 Å². The first-order valence-corrected chi connectivity index (χ1v) is 6.41. The fourth-order valence-electron chi connectivity index (χ4n) is 2.98. The van der Waals surface area contributed by atoms with E-state index in [1.807, 2.05) is 0 Å². The number of aliphatic carboxylic acids is 1. The minimum Gasteiger partial charge on any atom is -0.481 e. The highest BCUT2D eigenvalue weighted by atomic mass is 16.5. The van der Waals surface area contributed by atoms with Gasteiger partial charge in [-0.2, -0.15) is 0 Å². The molecule has 4 unspecified atom stereocenters. The molecule has 1 fully saturated rings. The van der Waals surface area contributed by atoms with E-state index < -0.39 is 29.5 Å². The summed E-state index contributed by atoms with van der Waals surface area (Å²) in [5, 5.41) is 12.0. The molecule has 6 heteroatoms. The molecule has 3 heterocycles. The number of rotatable bonds is 4. The molecule has 2 N–H and O–H groups in total. The summed E-state index contributed by atoms with van der Waals surface area (Å²) in [4.78, 5) is 23.7. The zero-order valence-electron chi connectivity index (χ0n) is 10.9. The van der Waals surface area contributed by atoms with Gasteiger partial charge in [-0.25, -0.2) is 0 Å². The number of nitrogens with one attached hydrogen (secondary N) is 1. The Balaban J connectivity index is 1.75. The van der Waals surface area contributed by atoms with Gasteiger partial charge >= 0.3 is 5.97 Å². The molecule has 0 spiro atoms. The average Bonchev–Trinajstić information content (AvgIpc) is 3.08. The van der Waals surface area contributed by atoms with Crippen LogP contribution in [-0.4, -0.2) is 28.7 Å². The molecule has 0 aromatic carbocycles. The lowest BCUT2D eigenvalue weighted by atomic mass is 9.76. The van der Waals surface area contributed by atoms with Crippen LogP contribution in [0.15, 0.2) is 35.0 Å². The van der Waals surface area contributed by atoms with Crippen LogP contribution >= 0.6 is 0 Å². The van der Waals surface area contributed by atoms with E-state index in [1.165, 1.54) is 6.26 Å². The third-order valence-electron chi connectivity index (χ3n) is 3.92. The molecule has 2 aliphatic rings. The van der Waals surface area contributed by atoms with Gasteiger partial charge in [0.1, 0.15) is 11.7 Å². The molecule has 1 aromatic heterocycles. The summed E-state index contributed by atoms with van der Waals surface area (Å²) in [7, 11) is 0. The molecule has 1 aromatic rings. The van der Waals surface area contributed by atoms with Gasteiger partial charge in [-0.3, -0.25) is 9.59 Å². The Morgan fingerprint density at radius 1 is 1.50 bits per heavy atom. The second-order valence-electron chi connectivity index (χ2n) is 5.26. The summed E-state index contributed by atoms with van der Waals surface area (Å²) in [6.07, 6.45) is 4.48. The lowest BCUT2D eigenvalue weighted by Gasteiger charge is -2.27. The first kappa shape index (κ1) is 12.9. The Morgan fingerprint density at radius 2 is 2.30 bits per heavy atom. The van der Waals surface area contributed by atoms with Gasteiger partial charge < -0.3 is 19.6 Å². The van der Waals surface area contributed by atoms with E-state index in [0.717, 1.165) is 0 Å². The van der Waals surface area contributed by atoms with Crippen LogP contribution in [-0.2, 0) is 20.9 Å². The largest absolute Gasteiger partial charge is 0.481 e. The number of hydrogen-bond acceptors (Lipinski definition) is 4. The first-order chi connectivity index (χ1) is 9.51. The lowest BCUT2D eigenvalue weighted by molar-refractivity contribution is -0.147. The van der Waals surface area contributed by atoms with Crippen molar-refractivity contribution in [3.8, 4) is 0 Å². The van der Waals surface area contributed by atoms with E-state index in [2.05, 4.69) is 5.32 Å². The number of carboxylic acids is 1. The third kappa shape index (κ3) is 1.92. The molecule has 6 nitrogen and oxygen atoms in total. The zero-order chi connectivity index (χ0) is 14.3. The molecule has 0 aliphatic carbocycles. The summed E-state index contributed by atoms with van der Waals surface area (Å²) in [6, 6.07) is 3.47. The van der Waals surface area contributed by atoms with Crippen molar-refractivity contribution in [2.24, 2.45) is 11.8 Å². The van der Waals surface area contributed by atoms with E-state index in [1.54, 1.807) is 31.2 Å². The number of carboxylic acid groups (broad SMARTS) is 1. The summed E-state index contributed by atoms with van der Waals surface area (Å²) >= 11 is 0. The van der Waals surface area contributed by atoms with Crippen LogP contribution in [0.3, 0.4) is 0 Å². The number of hydrogen-bond donors (Lipinski definition) is 2. The maximum atomic E-state index is 12.3. The van der Waals surface area contributed by atoms with E-state index in [-0.39, 0.29) is 12.5 Å². The summed E-state index contributed by atoms with van der Waals surface area (Å²) < 4.78 is 10.8. The van der Waals surface area contributed by atoms with Crippen molar-refractivity contribution in [2.45, 2.75) is 25.2 Å². The number of carbonyl (C=O) groups is 2. The fourth-order valence-corrected chi connectivity index (χ4v) is 2.98. The summed E-state index contributed by atoms with van der Waals surface area (Å²) in [5.74, 6) is -2.30. The zero-order valence-corrected chi connectivity index (χ0v) is 10.9. The van der Waals surface area contributed by atoms with Gasteiger partial charge in [-0.1, -0.05) is 12.2 Å². The van der Waals surface area contributed by atoms with E-state index in [9.17, 15) is 14.7 Å². The Hall–Kier alpha value is -2.08. The van der Waals surface area contributed by atoms with Gasteiger partial charge in [0.25, 0.3) is 0 Å². The smallest absolute Gasteiger partial charge is 0.310 e. The van der Waals surface area contributed by atoms with Crippen molar-refractivity contribution in [1.82, 2.24) is 5.32 Å². The van der Waals surface area contributed by atoms with Crippen molar-refractivity contribution < 1.29 is 23.8 Å². The molecule has 2 bridgehead atoms. The second kappa shape index (κ2) is 4.49. The van der Waals surface area contributed by atoms with Crippen LogP contribution < -0.4 is 5.32 Å². The van der Waals surface area contributed by atoms with Crippen LogP contribution in [0.5, 0.6) is 0 Å². The highest BCUT2D eigenvalue weighted by molar-refractivity contribution is 5.88. The Kier molecular flexibility index (Phi) is 2.90. The molecular formula is C14H15NO5. The van der Waals surface area contributed by atoms with Gasteiger partial charge in [0, 0.05) is 0 Å². The highest BCUT2D eigenvalue weighted by Crippen LogP contribution is 2.47. The molecule has 106 valence electrons. The van der Waals surface area contributed by atoms with Gasteiger partial charge in [-0.15, -0.1) is 0 Å². The number of fused-ring (bicyclic) bond motifs is 2.